The minimum Gasteiger partial charge on any atom is -0.394 e. The van der Waals surface area contributed by atoms with Crippen molar-refractivity contribution in [2.75, 3.05) is 6.61 Å². The number of hydrogen-bond donors (Lipinski definition) is 3. The second kappa shape index (κ2) is 6.33. The SMILES string of the molecule is C[Si](C)(C)/C=C/c1cn([C@H]2C[C@H](O)[C@@H](CO)O2)c(=O)[nH]c1=O. The normalized spacial score (nSPS) is 26.0. The zero-order valence-corrected chi connectivity index (χ0v) is 13.9. The van der Waals surface area contributed by atoms with Crippen molar-refractivity contribution < 1.29 is 14.9 Å². The van der Waals surface area contributed by atoms with Crippen molar-refractivity contribution in [2.24, 2.45) is 0 Å². The average Bonchev–Trinajstić information content (AvgIpc) is 2.77. The number of rotatable bonds is 4. The Labute approximate surface area is 128 Å². The molecule has 122 valence electrons. The van der Waals surface area contributed by atoms with Gasteiger partial charge in [-0.3, -0.25) is 14.3 Å². The summed E-state index contributed by atoms with van der Waals surface area (Å²) in [6.45, 7) is 6.08. The Balaban J connectivity index is 2.36. The van der Waals surface area contributed by atoms with Crippen LogP contribution in [-0.4, -0.2) is 46.7 Å². The van der Waals surface area contributed by atoms with Gasteiger partial charge in [-0.25, -0.2) is 4.79 Å². The molecular weight excluding hydrogens is 304 g/mol. The lowest BCUT2D eigenvalue weighted by Crippen LogP contribution is -2.33. The smallest absolute Gasteiger partial charge is 0.330 e. The number of nitrogens with one attached hydrogen (secondary N) is 1. The molecule has 0 radical (unpaired) electrons. The molecule has 0 bridgehead atoms. The standard InChI is InChI=1S/C14H22N2O5Si/c1-22(2,3)5-4-9-7-16(14(20)15-13(9)19)12-6-10(18)11(8-17)21-12/h4-5,7,10-12,17-18H,6,8H2,1-3H3,(H,15,19,20)/b5-4+/t10-,11+,12+/m0/s1. The van der Waals surface area contributed by atoms with Gasteiger partial charge in [-0.2, -0.15) is 0 Å². The number of aromatic amines is 1. The molecule has 7 nitrogen and oxygen atoms in total. The van der Waals surface area contributed by atoms with Gasteiger partial charge in [-0.05, 0) is 0 Å². The van der Waals surface area contributed by atoms with Crippen LogP contribution in [0.3, 0.4) is 0 Å². The van der Waals surface area contributed by atoms with E-state index in [1.807, 2.05) is 5.70 Å². The number of aliphatic hydroxyl groups is 2. The van der Waals surface area contributed by atoms with E-state index >= 15 is 0 Å². The summed E-state index contributed by atoms with van der Waals surface area (Å²) in [6, 6.07) is 0. The minimum atomic E-state index is -1.48. The predicted octanol–water partition coefficient (Wildman–Crippen LogP) is 0.0679. The van der Waals surface area contributed by atoms with Gasteiger partial charge in [-0.15, -0.1) is 0 Å². The molecule has 0 unspecified atom stereocenters. The van der Waals surface area contributed by atoms with Gasteiger partial charge in [0.2, 0.25) is 0 Å². The van der Waals surface area contributed by atoms with Gasteiger partial charge in [-0.1, -0.05) is 31.4 Å². The third kappa shape index (κ3) is 3.83. The van der Waals surface area contributed by atoms with E-state index in [1.165, 1.54) is 10.8 Å². The first kappa shape index (κ1) is 16.9. The Bertz CT molecular complexity index is 673. The van der Waals surface area contributed by atoms with Crippen LogP contribution in [0.15, 0.2) is 21.5 Å². The first-order chi connectivity index (χ1) is 10.2. The Morgan fingerprint density at radius 1 is 1.45 bits per heavy atom. The Morgan fingerprint density at radius 2 is 2.14 bits per heavy atom. The Morgan fingerprint density at radius 3 is 2.68 bits per heavy atom. The van der Waals surface area contributed by atoms with Crippen molar-refractivity contribution in [3.63, 3.8) is 0 Å². The highest BCUT2D eigenvalue weighted by Crippen LogP contribution is 2.27. The van der Waals surface area contributed by atoms with Gasteiger partial charge in [0.25, 0.3) is 5.56 Å². The number of aromatic nitrogens is 2. The van der Waals surface area contributed by atoms with E-state index in [9.17, 15) is 14.7 Å². The molecule has 0 saturated carbocycles. The van der Waals surface area contributed by atoms with E-state index in [-0.39, 0.29) is 13.0 Å². The molecule has 1 fully saturated rings. The second-order valence-corrected chi connectivity index (χ2v) is 11.6. The van der Waals surface area contributed by atoms with Crippen LogP contribution in [0.5, 0.6) is 0 Å². The van der Waals surface area contributed by atoms with E-state index in [4.69, 9.17) is 9.84 Å². The topological polar surface area (TPSA) is 105 Å². The summed E-state index contributed by atoms with van der Waals surface area (Å²) < 4.78 is 6.71. The molecule has 1 aromatic heterocycles. The highest BCUT2D eigenvalue weighted by atomic mass is 28.3. The Hall–Kier alpha value is -1.48. The zero-order valence-electron chi connectivity index (χ0n) is 12.9. The fourth-order valence-corrected chi connectivity index (χ4v) is 2.90. The van der Waals surface area contributed by atoms with Crippen LogP contribution >= 0.6 is 0 Å². The van der Waals surface area contributed by atoms with Crippen LogP contribution in [0.2, 0.25) is 19.6 Å². The van der Waals surface area contributed by atoms with Crippen molar-refractivity contribution >= 4 is 14.1 Å². The molecule has 8 heteroatoms. The molecule has 22 heavy (non-hydrogen) atoms. The molecule has 0 aliphatic carbocycles. The van der Waals surface area contributed by atoms with E-state index < -0.39 is 37.8 Å². The third-order valence-electron chi connectivity index (χ3n) is 3.45. The number of nitrogens with zero attached hydrogens (tertiary/aromatic N) is 1. The first-order valence-electron chi connectivity index (χ1n) is 7.20. The predicted molar refractivity (Wildman–Crippen MR) is 85.3 cm³/mol. The lowest BCUT2D eigenvalue weighted by atomic mass is 10.2. The van der Waals surface area contributed by atoms with E-state index in [2.05, 4.69) is 24.6 Å². The van der Waals surface area contributed by atoms with Crippen LogP contribution in [-0.2, 0) is 4.74 Å². The molecule has 0 amide bonds. The zero-order chi connectivity index (χ0) is 16.5. The van der Waals surface area contributed by atoms with Crippen LogP contribution in [0.1, 0.15) is 18.2 Å². The quantitative estimate of drug-likeness (QED) is 0.679. The van der Waals surface area contributed by atoms with E-state index in [0.717, 1.165) is 0 Å². The summed E-state index contributed by atoms with van der Waals surface area (Å²) in [5.74, 6) is 0. The molecule has 2 heterocycles. The second-order valence-electron chi connectivity index (χ2n) is 6.57. The first-order valence-corrected chi connectivity index (χ1v) is 10.8. The molecule has 1 aliphatic heterocycles. The maximum atomic E-state index is 11.9. The fraction of sp³-hybridized carbons (Fsp3) is 0.571. The molecule has 1 saturated heterocycles. The summed E-state index contributed by atoms with van der Waals surface area (Å²) in [5, 5.41) is 18.9. The number of hydrogen-bond acceptors (Lipinski definition) is 5. The number of H-pyrrole nitrogens is 1. The maximum Gasteiger partial charge on any atom is 0.330 e. The maximum absolute atomic E-state index is 11.9. The summed E-state index contributed by atoms with van der Waals surface area (Å²) >= 11 is 0. The van der Waals surface area contributed by atoms with Crippen LogP contribution in [0, 0.1) is 0 Å². The minimum absolute atomic E-state index is 0.189. The lowest BCUT2D eigenvalue weighted by molar-refractivity contribution is -0.0459. The van der Waals surface area contributed by atoms with Gasteiger partial charge in [0, 0.05) is 12.6 Å². The van der Waals surface area contributed by atoms with Crippen LogP contribution in [0.4, 0.5) is 0 Å². The van der Waals surface area contributed by atoms with Gasteiger partial charge in [0.05, 0.1) is 26.3 Å². The molecule has 3 N–H and O–H groups in total. The van der Waals surface area contributed by atoms with E-state index in [0.29, 0.717) is 5.56 Å². The van der Waals surface area contributed by atoms with Gasteiger partial charge in [0.15, 0.2) is 0 Å². The molecular formula is C14H22N2O5Si. The highest BCUT2D eigenvalue weighted by Gasteiger charge is 2.35. The van der Waals surface area contributed by atoms with Crippen molar-refractivity contribution in [1.82, 2.24) is 9.55 Å². The monoisotopic (exact) mass is 326 g/mol. The third-order valence-corrected chi connectivity index (χ3v) is 4.62. The molecule has 1 aromatic rings. The summed E-state index contributed by atoms with van der Waals surface area (Å²) in [6.07, 6.45) is 1.09. The van der Waals surface area contributed by atoms with Crippen molar-refractivity contribution in [1.29, 1.82) is 0 Å². The molecule has 2 rings (SSSR count). The van der Waals surface area contributed by atoms with Crippen LogP contribution in [0.25, 0.3) is 6.08 Å². The summed E-state index contributed by atoms with van der Waals surface area (Å²) in [7, 11) is -1.48. The summed E-state index contributed by atoms with van der Waals surface area (Å²) in [4.78, 5) is 26.1. The molecule has 0 aromatic carbocycles. The summed E-state index contributed by atoms with van der Waals surface area (Å²) in [5.41, 5.74) is 1.33. The average molecular weight is 326 g/mol. The number of ether oxygens (including phenoxy) is 1. The highest BCUT2D eigenvalue weighted by molar-refractivity contribution is 6.81. The van der Waals surface area contributed by atoms with E-state index in [1.54, 1.807) is 6.08 Å². The van der Waals surface area contributed by atoms with Crippen molar-refractivity contribution in [3.8, 4) is 0 Å². The molecule has 1 aliphatic rings. The fourth-order valence-electron chi connectivity index (χ4n) is 2.22. The van der Waals surface area contributed by atoms with Gasteiger partial charge in [0.1, 0.15) is 12.3 Å². The number of aliphatic hydroxyl groups excluding tert-OH is 2. The largest absolute Gasteiger partial charge is 0.394 e. The Kier molecular flexibility index (Phi) is 4.86. The van der Waals surface area contributed by atoms with Gasteiger partial charge >= 0.3 is 5.69 Å². The molecule has 3 atom stereocenters. The van der Waals surface area contributed by atoms with Gasteiger partial charge < -0.3 is 14.9 Å². The van der Waals surface area contributed by atoms with Crippen molar-refractivity contribution in [3.05, 3.63) is 38.3 Å². The molecule has 0 spiro atoms. The van der Waals surface area contributed by atoms with Crippen LogP contribution < -0.4 is 11.2 Å². The van der Waals surface area contributed by atoms with Crippen molar-refractivity contribution in [2.45, 2.75) is 44.5 Å². The lowest BCUT2D eigenvalue weighted by Gasteiger charge is -2.15.